The number of aliphatic hydroxyl groups is 1. The van der Waals surface area contributed by atoms with E-state index in [4.69, 9.17) is 27.6 Å². The van der Waals surface area contributed by atoms with Gasteiger partial charge in [-0.1, -0.05) is 18.5 Å². The molecule has 4 rings (SSSR count). The number of furan rings is 1. The van der Waals surface area contributed by atoms with Gasteiger partial charge in [0.15, 0.2) is 11.3 Å². The van der Waals surface area contributed by atoms with Gasteiger partial charge in [-0.2, -0.15) is 0 Å². The van der Waals surface area contributed by atoms with Gasteiger partial charge in [0, 0.05) is 17.1 Å². The minimum absolute atomic E-state index is 0.202. The zero-order valence-electron chi connectivity index (χ0n) is 14.8. The first-order valence-corrected chi connectivity index (χ1v) is 9.51. The molecular formula is C19H17Cl2N3O4. The van der Waals surface area contributed by atoms with E-state index in [1.807, 2.05) is 6.92 Å². The molecule has 146 valence electrons. The van der Waals surface area contributed by atoms with E-state index < -0.39 is 11.9 Å². The second-order valence-corrected chi connectivity index (χ2v) is 7.34. The van der Waals surface area contributed by atoms with Crippen LogP contribution in [0.1, 0.15) is 41.1 Å². The minimum Gasteiger partial charge on any atom is -0.448 e. The number of Topliss-reactive ketones (excluding diaryl/α,β-unsaturated/α-hetero) is 1. The molecule has 0 spiro atoms. The van der Waals surface area contributed by atoms with Crippen LogP contribution in [0.5, 0.6) is 0 Å². The first-order valence-electron chi connectivity index (χ1n) is 8.75. The maximum absolute atomic E-state index is 12.3. The number of aliphatic hydroxyl groups excluding tert-OH is 1. The van der Waals surface area contributed by atoms with Crippen LogP contribution >= 0.6 is 23.2 Å². The van der Waals surface area contributed by atoms with Crippen molar-refractivity contribution in [2.45, 2.75) is 32.0 Å². The van der Waals surface area contributed by atoms with E-state index in [1.54, 1.807) is 24.3 Å². The number of carbonyl (C=O) groups excluding carboxylic acids is 2. The summed E-state index contributed by atoms with van der Waals surface area (Å²) in [7, 11) is 0. The number of amides is 1. The van der Waals surface area contributed by atoms with Crippen molar-refractivity contribution in [1.82, 2.24) is 10.6 Å². The number of halogens is 2. The molecule has 2 atom stereocenters. The number of hydrogen-bond acceptors (Lipinski definition) is 6. The summed E-state index contributed by atoms with van der Waals surface area (Å²) in [5.41, 5.74) is 2.08. The smallest absolute Gasteiger partial charge is 0.254 e. The molecule has 9 heteroatoms. The first kappa shape index (κ1) is 18.9. The van der Waals surface area contributed by atoms with Gasteiger partial charge in [-0.25, -0.2) is 0 Å². The van der Waals surface area contributed by atoms with Gasteiger partial charge in [0.1, 0.15) is 11.5 Å². The Morgan fingerprint density at radius 1 is 1.29 bits per heavy atom. The lowest BCUT2D eigenvalue weighted by molar-refractivity contribution is -0.124. The van der Waals surface area contributed by atoms with Crippen molar-refractivity contribution < 1.29 is 19.1 Å². The number of ketones is 1. The molecule has 2 aliphatic rings. The van der Waals surface area contributed by atoms with Crippen molar-refractivity contribution in [3.05, 3.63) is 62.8 Å². The number of anilines is 1. The Bertz CT molecular complexity index is 1010. The molecule has 1 aliphatic carbocycles. The van der Waals surface area contributed by atoms with Crippen LogP contribution in [0, 0.1) is 0 Å². The summed E-state index contributed by atoms with van der Waals surface area (Å²) in [6.07, 6.45) is -0.628. The van der Waals surface area contributed by atoms with Crippen molar-refractivity contribution in [2.75, 3.05) is 5.32 Å². The molecule has 0 saturated carbocycles. The van der Waals surface area contributed by atoms with Gasteiger partial charge < -0.3 is 25.5 Å². The van der Waals surface area contributed by atoms with Crippen molar-refractivity contribution in [2.24, 2.45) is 0 Å². The molecule has 0 radical (unpaired) electrons. The summed E-state index contributed by atoms with van der Waals surface area (Å²) in [6, 6.07) is 6.39. The Labute approximate surface area is 170 Å². The van der Waals surface area contributed by atoms with Crippen LogP contribution in [0.3, 0.4) is 0 Å². The summed E-state index contributed by atoms with van der Waals surface area (Å²) in [4.78, 5) is 24.4. The number of fused-ring (bicyclic) bond motifs is 1. The second kappa shape index (κ2) is 7.16. The summed E-state index contributed by atoms with van der Waals surface area (Å²) < 4.78 is 5.44. The highest BCUT2D eigenvalue weighted by molar-refractivity contribution is 6.32. The molecule has 2 aromatic rings. The van der Waals surface area contributed by atoms with E-state index in [1.165, 1.54) is 0 Å². The van der Waals surface area contributed by atoms with Crippen LogP contribution in [0.2, 0.25) is 10.2 Å². The molecule has 1 amide bonds. The third-order valence-corrected chi connectivity index (χ3v) is 5.44. The van der Waals surface area contributed by atoms with Gasteiger partial charge in [0.2, 0.25) is 5.78 Å². The zero-order valence-corrected chi connectivity index (χ0v) is 16.3. The van der Waals surface area contributed by atoms with Crippen LogP contribution < -0.4 is 16.0 Å². The van der Waals surface area contributed by atoms with E-state index in [9.17, 15) is 14.7 Å². The summed E-state index contributed by atoms with van der Waals surface area (Å²) >= 11 is 12.0. The van der Waals surface area contributed by atoms with Crippen LogP contribution in [-0.2, 0) is 11.3 Å². The van der Waals surface area contributed by atoms with E-state index in [2.05, 4.69) is 16.0 Å². The van der Waals surface area contributed by atoms with Crippen LogP contribution in [0.4, 0.5) is 5.69 Å². The SMILES string of the molecule is CC[C@@H](NC1=C(Nc2ccc(Cl)c3c2C(=O)NC3)C(=O)C1O)c1ccc(Cl)o1. The van der Waals surface area contributed by atoms with Crippen molar-refractivity contribution >= 4 is 40.6 Å². The van der Waals surface area contributed by atoms with E-state index in [0.29, 0.717) is 46.3 Å². The van der Waals surface area contributed by atoms with Crippen molar-refractivity contribution in [3.63, 3.8) is 0 Å². The van der Waals surface area contributed by atoms with Crippen LogP contribution in [0.25, 0.3) is 0 Å². The van der Waals surface area contributed by atoms with Gasteiger partial charge in [-0.05, 0) is 42.3 Å². The highest BCUT2D eigenvalue weighted by Crippen LogP contribution is 2.34. The van der Waals surface area contributed by atoms with E-state index in [0.717, 1.165) is 0 Å². The molecule has 4 N–H and O–H groups in total. The molecule has 28 heavy (non-hydrogen) atoms. The third-order valence-electron chi connectivity index (χ3n) is 4.88. The lowest BCUT2D eigenvalue weighted by Gasteiger charge is -2.32. The first-order chi connectivity index (χ1) is 13.4. The molecule has 0 saturated heterocycles. The predicted molar refractivity (Wildman–Crippen MR) is 104 cm³/mol. The van der Waals surface area contributed by atoms with Gasteiger partial charge in [-0.3, -0.25) is 9.59 Å². The number of carbonyl (C=O) groups is 2. The zero-order chi connectivity index (χ0) is 20.0. The lowest BCUT2D eigenvalue weighted by atomic mass is 9.93. The molecule has 2 heterocycles. The Hall–Kier alpha value is -2.48. The average Bonchev–Trinajstić information content (AvgIpc) is 3.29. The Morgan fingerprint density at radius 3 is 2.75 bits per heavy atom. The Morgan fingerprint density at radius 2 is 2.07 bits per heavy atom. The standard InChI is InChI=1S/C19H17Cl2N3O4/c1-2-10(12-5-6-13(21)28-12)23-15-16(18(26)17(15)25)24-11-4-3-9(20)8-7-22-19(27)14(8)11/h3-6,10,17,23-25H,2,7H2,1H3,(H,22,27)/t10-,17?/m1/s1. The number of benzene rings is 1. The molecule has 0 bridgehead atoms. The normalized spacial score (nSPS) is 19.2. The molecule has 7 nitrogen and oxygen atoms in total. The van der Waals surface area contributed by atoms with Crippen molar-refractivity contribution in [1.29, 1.82) is 0 Å². The van der Waals surface area contributed by atoms with Crippen LogP contribution in [-0.4, -0.2) is 22.9 Å². The fourth-order valence-corrected chi connectivity index (χ4v) is 3.74. The van der Waals surface area contributed by atoms with Crippen molar-refractivity contribution in [3.8, 4) is 0 Å². The van der Waals surface area contributed by atoms with E-state index >= 15 is 0 Å². The second-order valence-electron chi connectivity index (χ2n) is 6.56. The molecule has 1 aliphatic heterocycles. The molecule has 1 aromatic heterocycles. The van der Waals surface area contributed by atoms with Crippen LogP contribution in [0.15, 0.2) is 40.1 Å². The van der Waals surface area contributed by atoms with Gasteiger partial charge >= 0.3 is 0 Å². The molecule has 1 aromatic carbocycles. The minimum atomic E-state index is -1.27. The summed E-state index contributed by atoms with van der Waals surface area (Å²) in [5, 5.41) is 19.7. The average molecular weight is 422 g/mol. The molecule has 0 fully saturated rings. The van der Waals surface area contributed by atoms with Gasteiger partial charge in [0.25, 0.3) is 5.91 Å². The highest BCUT2D eigenvalue weighted by atomic mass is 35.5. The van der Waals surface area contributed by atoms with E-state index in [-0.39, 0.29) is 22.9 Å². The largest absolute Gasteiger partial charge is 0.448 e. The fourth-order valence-electron chi connectivity index (χ4n) is 3.37. The third kappa shape index (κ3) is 3.05. The molecular weight excluding hydrogens is 405 g/mol. The molecule has 1 unspecified atom stereocenters. The lowest BCUT2D eigenvalue weighted by Crippen LogP contribution is -2.46. The van der Waals surface area contributed by atoms with Gasteiger partial charge in [0.05, 0.1) is 23.0 Å². The summed E-state index contributed by atoms with van der Waals surface area (Å²) in [6.45, 7) is 2.27. The maximum atomic E-state index is 12.3. The monoisotopic (exact) mass is 421 g/mol. The quantitative estimate of drug-likeness (QED) is 0.571. The number of nitrogens with one attached hydrogen (secondary N) is 3. The Kier molecular flexibility index (Phi) is 4.82. The van der Waals surface area contributed by atoms with Gasteiger partial charge in [-0.15, -0.1) is 0 Å². The number of rotatable bonds is 6. The number of hydrogen-bond donors (Lipinski definition) is 4. The fraction of sp³-hybridized carbons (Fsp3) is 0.263. The highest BCUT2D eigenvalue weighted by Gasteiger charge is 2.40. The maximum Gasteiger partial charge on any atom is 0.254 e. The predicted octanol–water partition coefficient (Wildman–Crippen LogP) is 3.14. The topological polar surface area (TPSA) is 104 Å². The Balaban J connectivity index is 1.65. The summed E-state index contributed by atoms with van der Waals surface area (Å²) in [5.74, 6) is -0.131.